The van der Waals surface area contributed by atoms with Crippen molar-refractivity contribution >= 4 is 13.7 Å². The van der Waals surface area contributed by atoms with E-state index in [1.54, 1.807) is 0 Å². The zero-order chi connectivity index (χ0) is 19.4. The van der Waals surface area contributed by atoms with Crippen LogP contribution in [-0.2, 0) is 14.2 Å². The largest absolute Gasteiger partial charge is 0.433 e. The summed E-state index contributed by atoms with van der Waals surface area (Å²) >= 11 is 0. The smallest absolute Gasteiger partial charge is 0.274 e. The zero-order valence-electron chi connectivity index (χ0n) is 17.0. The third kappa shape index (κ3) is 5.41. The van der Waals surface area contributed by atoms with E-state index in [2.05, 4.69) is 13.8 Å². The Kier molecular flexibility index (Phi) is 7.48. The molecule has 3 atom stereocenters. The number of carbonyl (C=O) groups is 1. The first-order valence-corrected chi connectivity index (χ1v) is 13.2. The van der Waals surface area contributed by atoms with E-state index in [0.29, 0.717) is 18.9 Å². The molecule has 26 heavy (non-hydrogen) atoms. The van der Waals surface area contributed by atoms with Gasteiger partial charge < -0.3 is 19.3 Å². The first kappa shape index (κ1) is 21.6. The molecule has 6 heteroatoms. The van der Waals surface area contributed by atoms with Crippen molar-refractivity contribution in [2.24, 2.45) is 11.8 Å². The lowest BCUT2D eigenvalue weighted by Crippen LogP contribution is -2.45. The van der Waals surface area contributed by atoms with Crippen LogP contribution in [0.1, 0.15) is 52.9 Å². The van der Waals surface area contributed by atoms with Crippen LogP contribution >= 0.6 is 0 Å². The van der Waals surface area contributed by atoms with Gasteiger partial charge >= 0.3 is 0 Å². The maximum atomic E-state index is 12.7. The maximum Gasteiger partial charge on any atom is 0.274 e. The highest BCUT2D eigenvalue weighted by Crippen LogP contribution is 2.42. The van der Waals surface area contributed by atoms with Crippen LogP contribution in [0.3, 0.4) is 0 Å². The molecule has 3 unspecified atom stereocenters. The number of aliphatic hydroxyl groups is 1. The first-order valence-electron chi connectivity index (χ1n) is 10.0. The monoisotopic (exact) mass is 384 g/mol. The molecule has 2 aliphatic rings. The molecule has 1 heterocycles. The Morgan fingerprint density at radius 3 is 2.69 bits per heavy atom. The average Bonchev–Trinajstić information content (AvgIpc) is 2.88. The number of rotatable bonds is 7. The van der Waals surface area contributed by atoms with Crippen molar-refractivity contribution in [1.29, 1.82) is 0 Å². The van der Waals surface area contributed by atoms with E-state index >= 15 is 0 Å². The van der Waals surface area contributed by atoms with E-state index in [-0.39, 0.29) is 17.8 Å². The molecule has 0 spiro atoms. The number of hydrogen-bond donors (Lipinski definition) is 1. The van der Waals surface area contributed by atoms with Crippen LogP contribution in [0, 0.1) is 11.8 Å². The summed E-state index contributed by atoms with van der Waals surface area (Å²) in [6.45, 7) is 11.4. The molecular formula is C20H36O5Si. The highest BCUT2D eigenvalue weighted by molar-refractivity contribution is 7.03. The second kappa shape index (κ2) is 9.00. The van der Waals surface area contributed by atoms with Gasteiger partial charge in [-0.15, -0.1) is 0 Å². The lowest BCUT2D eigenvalue weighted by molar-refractivity contribution is -0.168. The standard InChI is InChI=1S/C20H36O5Si/c1-6-17-16(13-24-18-9-7-8-12-23-18)10-11-20(17,22)25-19(21)26(4,5)14-15(2)3/h6,15-16,18,22H,7-14H2,1-5H3. The molecule has 5 nitrogen and oxygen atoms in total. The zero-order valence-corrected chi connectivity index (χ0v) is 18.0. The second-order valence-electron chi connectivity index (χ2n) is 8.76. The number of allylic oxidation sites excluding steroid dienone is 1. The molecule has 1 saturated heterocycles. The van der Waals surface area contributed by atoms with Crippen molar-refractivity contribution < 1.29 is 24.1 Å². The summed E-state index contributed by atoms with van der Waals surface area (Å²) in [5.74, 6) is -0.965. The Bertz CT molecular complexity index is 510. The van der Waals surface area contributed by atoms with Gasteiger partial charge in [0.25, 0.3) is 5.59 Å². The van der Waals surface area contributed by atoms with Gasteiger partial charge in [0.05, 0.1) is 6.61 Å². The SMILES string of the molecule is CC=C1C(COC2CCCCO2)CCC1(O)OC(=O)[Si](C)(C)CC(C)C. The van der Waals surface area contributed by atoms with E-state index in [9.17, 15) is 9.90 Å². The van der Waals surface area contributed by atoms with Crippen molar-refractivity contribution in [1.82, 2.24) is 0 Å². The highest BCUT2D eigenvalue weighted by atomic mass is 28.3. The minimum atomic E-state index is -2.19. The Morgan fingerprint density at radius 2 is 2.12 bits per heavy atom. The summed E-state index contributed by atoms with van der Waals surface area (Å²) in [6, 6.07) is 0.860. The molecule has 150 valence electrons. The maximum absolute atomic E-state index is 12.7. The summed E-state index contributed by atoms with van der Waals surface area (Å²) in [5, 5.41) is 11.1. The highest BCUT2D eigenvalue weighted by Gasteiger charge is 2.48. The molecule has 1 aliphatic carbocycles. The van der Waals surface area contributed by atoms with Gasteiger partial charge in [0.15, 0.2) is 14.4 Å². The molecule has 0 aromatic carbocycles. The average molecular weight is 385 g/mol. The van der Waals surface area contributed by atoms with Gasteiger partial charge in [-0.25, -0.2) is 0 Å². The first-order chi connectivity index (χ1) is 12.2. The van der Waals surface area contributed by atoms with Crippen molar-refractivity contribution in [3.63, 3.8) is 0 Å². The molecule has 0 aromatic rings. The summed E-state index contributed by atoms with van der Waals surface area (Å²) in [6.07, 6.45) is 6.07. The van der Waals surface area contributed by atoms with E-state index < -0.39 is 13.9 Å². The van der Waals surface area contributed by atoms with Crippen molar-refractivity contribution in [2.75, 3.05) is 13.2 Å². The van der Waals surface area contributed by atoms with E-state index in [4.69, 9.17) is 14.2 Å². The predicted octanol–water partition coefficient (Wildman–Crippen LogP) is 4.66. The quantitative estimate of drug-likeness (QED) is 0.393. The van der Waals surface area contributed by atoms with Crippen LogP contribution < -0.4 is 0 Å². The van der Waals surface area contributed by atoms with Crippen LogP contribution in [0.5, 0.6) is 0 Å². The molecule has 2 fully saturated rings. The fourth-order valence-corrected chi connectivity index (χ4v) is 6.85. The molecule has 0 amide bonds. The van der Waals surface area contributed by atoms with E-state index in [1.807, 2.05) is 26.1 Å². The normalized spacial score (nSPS) is 31.6. The summed E-state index contributed by atoms with van der Waals surface area (Å²) < 4.78 is 17.2. The van der Waals surface area contributed by atoms with Crippen LogP contribution in [-0.4, -0.2) is 44.1 Å². The lowest BCUT2D eigenvalue weighted by atomic mass is 10.0. The molecule has 0 radical (unpaired) electrons. The third-order valence-corrected chi connectivity index (χ3v) is 8.43. The fraction of sp³-hybridized carbons (Fsp3) is 0.850. The molecule has 1 aliphatic heterocycles. The number of carbonyl (C=O) groups excluding carboxylic acids is 1. The van der Waals surface area contributed by atoms with Crippen LogP contribution in [0.4, 0.5) is 4.79 Å². The molecule has 1 saturated carbocycles. The molecule has 1 N–H and O–H groups in total. The number of ether oxygens (including phenoxy) is 3. The summed E-state index contributed by atoms with van der Waals surface area (Å²) in [5.41, 5.74) is 0.571. The van der Waals surface area contributed by atoms with Crippen LogP contribution in [0.2, 0.25) is 19.1 Å². The van der Waals surface area contributed by atoms with Gasteiger partial charge in [0, 0.05) is 24.5 Å². The fourth-order valence-electron chi connectivity index (χ4n) is 4.19. The van der Waals surface area contributed by atoms with E-state index in [1.165, 1.54) is 0 Å². The topological polar surface area (TPSA) is 65.0 Å². The van der Waals surface area contributed by atoms with Gasteiger partial charge in [-0.1, -0.05) is 33.0 Å². The minimum Gasteiger partial charge on any atom is -0.433 e. The number of hydrogen-bond acceptors (Lipinski definition) is 5. The molecule has 0 bridgehead atoms. The van der Waals surface area contributed by atoms with Gasteiger partial charge in [-0.3, -0.25) is 4.79 Å². The van der Waals surface area contributed by atoms with Gasteiger partial charge in [0.1, 0.15) is 0 Å². The predicted molar refractivity (Wildman–Crippen MR) is 105 cm³/mol. The summed E-state index contributed by atoms with van der Waals surface area (Å²) in [7, 11) is -2.19. The lowest BCUT2D eigenvalue weighted by Gasteiger charge is -2.31. The van der Waals surface area contributed by atoms with Crippen molar-refractivity contribution in [3.8, 4) is 0 Å². The minimum absolute atomic E-state index is 0.0678. The van der Waals surface area contributed by atoms with Crippen molar-refractivity contribution in [3.05, 3.63) is 11.6 Å². The van der Waals surface area contributed by atoms with Crippen LogP contribution in [0.25, 0.3) is 0 Å². The second-order valence-corrected chi connectivity index (χ2v) is 13.3. The summed E-state index contributed by atoms with van der Waals surface area (Å²) in [4.78, 5) is 12.7. The third-order valence-electron chi connectivity index (χ3n) is 5.39. The van der Waals surface area contributed by atoms with Crippen LogP contribution in [0.15, 0.2) is 11.6 Å². The van der Waals surface area contributed by atoms with E-state index in [0.717, 1.165) is 43.9 Å². The Labute approximate surface area is 159 Å². The Balaban J connectivity index is 1.96. The van der Waals surface area contributed by atoms with Gasteiger partial charge in [0.2, 0.25) is 5.79 Å². The Hall–Kier alpha value is -0.693. The van der Waals surface area contributed by atoms with Gasteiger partial charge in [-0.2, -0.15) is 0 Å². The molecule has 2 rings (SSSR count). The molecule has 0 aromatic heterocycles. The van der Waals surface area contributed by atoms with Crippen molar-refractivity contribution in [2.45, 2.75) is 84.1 Å². The van der Waals surface area contributed by atoms with Gasteiger partial charge in [-0.05, 0) is 44.6 Å². The Morgan fingerprint density at radius 1 is 1.38 bits per heavy atom. The molecular weight excluding hydrogens is 348 g/mol.